The SMILES string of the molecule is CCN(CC)C(C)c1cc(C)c(F)c(F)c1F. The van der Waals surface area contributed by atoms with Crippen molar-refractivity contribution in [2.24, 2.45) is 0 Å². The Bertz CT molecular complexity index is 400. The minimum absolute atomic E-state index is 0.137. The van der Waals surface area contributed by atoms with E-state index in [0.29, 0.717) is 0 Å². The summed E-state index contributed by atoms with van der Waals surface area (Å²) in [4.78, 5) is 1.98. The van der Waals surface area contributed by atoms with Crippen LogP contribution in [-0.2, 0) is 0 Å². The van der Waals surface area contributed by atoms with Gasteiger partial charge in [0, 0.05) is 11.6 Å². The van der Waals surface area contributed by atoms with Crippen LogP contribution in [0.3, 0.4) is 0 Å². The second-order valence-electron chi connectivity index (χ2n) is 4.12. The molecule has 96 valence electrons. The fourth-order valence-corrected chi connectivity index (χ4v) is 2.03. The molecule has 0 aliphatic carbocycles. The molecule has 0 heterocycles. The van der Waals surface area contributed by atoms with E-state index in [4.69, 9.17) is 0 Å². The Morgan fingerprint density at radius 2 is 1.59 bits per heavy atom. The van der Waals surface area contributed by atoms with Crippen molar-refractivity contribution >= 4 is 0 Å². The summed E-state index contributed by atoms with van der Waals surface area (Å²) >= 11 is 0. The third-order valence-electron chi connectivity index (χ3n) is 3.17. The van der Waals surface area contributed by atoms with E-state index in [0.717, 1.165) is 13.1 Å². The smallest absolute Gasteiger partial charge is 0.195 e. The van der Waals surface area contributed by atoms with E-state index in [9.17, 15) is 13.2 Å². The van der Waals surface area contributed by atoms with E-state index in [1.807, 2.05) is 18.7 Å². The lowest BCUT2D eigenvalue weighted by Crippen LogP contribution is -2.27. The van der Waals surface area contributed by atoms with Gasteiger partial charge in [0.05, 0.1) is 0 Å². The topological polar surface area (TPSA) is 3.24 Å². The van der Waals surface area contributed by atoms with Crippen molar-refractivity contribution in [3.8, 4) is 0 Å². The normalized spacial score (nSPS) is 13.2. The van der Waals surface area contributed by atoms with Gasteiger partial charge in [-0.1, -0.05) is 13.8 Å². The van der Waals surface area contributed by atoms with E-state index in [1.165, 1.54) is 13.0 Å². The van der Waals surface area contributed by atoms with E-state index < -0.39 is 17.5 Å². The van der Waals surface area contributed by atoms with Gasteiger partial charge in [0.15, 0.2) is 17.5 Å². The molecule has 0 amide bonds. The van der Waals surface area contributed by atoms with Crippen LogP contribution < -0.4 is 0 Å². The largest absolute Gasteiger partial charge is 0.297 e. The highest BCUT2D eigenvalue weighted by Crippen LogP contribution is 2.27. The Kier molecular flexibility index (Phi) is 4.57. The lowest BCUT2D eigenvalue weighted by Gasteiger charge is -2.27. The zero-order valence-electron chi connectivity index (χ0n) is 10.7. The van der Waals surface area contributed by atoms with Crippen LogP contribution in [0.2, 0.25) is 0 Å². The van der Waals surface area contributed by atoms with Crippen molar-refractivity contribution in [2.75, 3.05) is 13.1 Å². The van der Waals surface area contributed by atoms with Crippen LogP contribution in [0.15, 0.2) is 6.07 Å². The molecule has 1 aromatic rings. The molecular formula is C13H18F3N. The van der Waals surface area contributed by atoms with Crippen molar-refractivity contribution in [3.63, 3.8) is 0 Å². The summed E-state index contributed by atoms with van der Waals surface area (Å²) in [6, 6.07) is 1.12. The summed E-state index contributed by atoms with van der Waals surface area (Å²) in [5, 5.41) is 0. The molecule has 0 spiro atoms. The van der Waals surface area contributed by atoms with Crippen LogP contribution in [0.1, 0.15) is 37.9 Å². The predicted molar refractivity (Wildman–Crippen MR) is 62.4 cm³/mol. The van der Waals surface area contributed by atoms with E-state index in [-0.39, 0.29) is 17.2 Å². The zero-order valence-corrected chi connectivity index (χ0v) is 10.7. The molecule has 4 heteroatoms. The standard InChI is InChI=1S/C13H18F3N/c1-5-17(6-2)9(4)10-7-8(3)11(14)13(16)12(10)15/h7,9H,5-6H2,1-4H3. The molecule has 0 aliphatic heterocycles. The highest BCUT2D eigenvalue weighted by molar-refractivity contribution is 5.29. The highest BCUT2D eigenvalue weighted by Gasteiger charge is 2.22. The number of nitrogens with zero attached hydrogens (tertiary/aromatic N) is 1. The maximum atomic E-state index is 13.7. The first-order valence-electron chi connectivity index (χ1n) is 5.82. The van der Waals surface area contributed by atoms with Gasteiger partial charge in [0.1, 0.15) is 0 Å². The third-order valence-corrected chi connectivity index (χ3v) is 3.17. The van der Waals surface area contributed by atoms with Crippen LogP contribution in [0.25, 0.3) is 0 Å². The van der Waals surface area contributed by atoms with Crippen LogP contribution in [0.5, 0.6) is 0 Å². The lowest BCUT2D eigenvalue weighted by molar-refractivity contribution is 0.227. The first-order valence-corrected chi connectivity index (χ1v) is 5.82. The first-order chi connectivity index (χ1) is 7.93. The monoisotopic (exact) mass is 245 g/mol. The van der Waals surface area contributed by atoms with Crippen LogP contribution in [0, 0.1) is 24.4 Å². The van der Waals surface area contributed by atoms with Gasteiger partial charge < -0.3 is 0 Å². The van der Waals surface area contributed by atoms with Crippen molar-refractivity contribution in [1.29, 1.82) is 0 Å². The second kappa shape index (κ2) is 5.54. The highest BCUT2D eigenvalue weighted by atomic mass is 19.2. The quantitative estimate of drug-likeness (QED) is 0.729. The van der Waals surface area contributed by atoms with Crippen molar-refractivity contribution in [2.45, 2.75) is 33.7 Å². The number of rotatable bonds is 4. The summed E-state index contributed by atoms with van der Waals surface area (Å²) < 4.78 is 40.2. The molecule has 1 aromatic carbocycles. The van der Waals surface area contributed by atoms with Crippen molar-refractivity contribution in [1.82, 2.24) is 4.90 Å². The molecular weight excluding hydrogens is 227 g/mol. The molecule has 0 aromatic heterocycles. The van der Waals surface area contributed by atoms with Gasteiger partial charge in [-0.2, -0.15) is 0 Å². The van der Waals surface area contributed by atoms with Crippen LogP contribution in [-0.4, -0.2) is 18.0 Å². The summed E-state index contributed by atoms with van der Waals surface area (Å²) in [7, 11) is 0. The second-order valence-corrected chi connectivity index (χ2v) is 4.12. The zero-order chi connectivity index (χ0) is 13.2. The third kappa shape index (κ3) is 2.63. The Morgan fingerprint density at radius 3 is 2.06 bits per heavy atom. The summed E-state index contributed by atoms with van der Waals surface area (Å²) in [5.41, 5.74) is 0.350. The average molecular weight is 245 g/mol. The van der Waals surface area contributed by atoms with Gasteiger partial charge in [0.25, 0.3) is 0 Å². The van der Waals surface area contributed by atoms with E-state index in [1.54, 1.807) is 6.92 Å². The Morgan fingerprint density at radius 1 is 1.06 bits per heavy atom. The van der Waals surface area contributed by atoms with Gasteiger partial charge in [-0.25, -0.2) is 13.2 Å². The fourth-order valence-electron chi connectivity index (χ4n) is 2.03. The van der Waals surface area contributed by atoms with E-state index >= 15 is 0 Å². The van der Waals surface area contributed by atoms with E-state index in [2.05, 4.69) is 0 Å². The summed E-state index contributed by atoms with van der Waals surface area (Å²) in [6.45, 7) is 8.60. The number of halogens is 3. The number of hydrogen-bond acceptors (Lipinski definition) is 1. The number of aryl methyl sites for hydroxylation is 1. The van der Waals surface area contributed by atoms with Gasteiger partial charge in [-0.05, 0) is 38.6 Å². The Labute approximate surface area is 100 Å². The molecule has 0 N–H and O–H groups in total. The molecule has 0 saturated heterocycles. The average Bonchev–Trinajstić information content (AvgIpc) is 2.32. The molecule has 0 radical (unpaired) electrons. The number of benzene rings is 1. The minimum atomic E-state index is -1.38. The molecule has 0 saturated carbocycles. The Hall–Kier alpha value is -1.03. The maximum absolute atomic E-state index is 13.7. The van der Waals surface area contributed by atoms with Crippen LogP contribution >= 0.6 is 0 Å². The van der Waals surface area contributed by atoms with Gasteiger partial charge >= 0.3 is 0 Å². The molecule has 1 unspecified atom stereocenters. The maximum Gasteiger partial charge on any atom is 0.195 e. The van der Waals surface area contributed by atoms with Gasteiger partial charge in [0.2, 0.25) is 0 Å². The molecule has 0 fully saturated rings. The van der Waals surface area contributed by atoms with Crippen molar-refractivity contribution < 1.29 is 13.2 Å². The number of hydrogen-bond donors (Lipinski definition) is 0. The van der Waals surface area contributed by atoms with Crippen molar-refractivity contribution in [3.05, 3.63) is 34.6 Å². The predicted octanol–water partition coefficient (Wildman–Crippen LogP) is 3.82. The lowest BCUT2D eigenvalue weighted by atomic mass is 10.0. The molecule has 1 rings (SSSR count). The minimum Gasteiger partial charge on any atom is -0.297 e. The molecule has 0 bridgehead atoms. The Balaban J connectivity index is 3.23. The van der Waals surface area contributed by atoms with Gasteiger partial charge in [-0.3, -0.25) is 4.90 Å². The molecule has 17 heavy (non-hydrogen) atoms. The molecule has 1 nitrogen and oxygen atoms in total. The summed E-state index contributed by atoms with van der Waals surface area (Å²) in [6.07, 6.45) is 0. The first kappa shape index (κ1) is 14.0. The van der Waals surface area contributed by atoms with Gasteiger partial charge in [-0.15, -0.1) is 0 Å². The molecule has 1 atom stereocenters. The summed E-state index contributed by atoms with van der Waals surface area (Å²) in [5.74, 6) is -3.55. The van der Waals surface area contributed by atoms with Crippen LogP contribution in [0.4, 0.5) is 13.2 Å². The molecule has 0 aliphatic rings. The fraction of sp³-hybridized carbons (Fsp3) is 0.538.